The SMILES string of the molecule is CC1=CC(=O)C(C(=O)CCc2cccc(Cl)c2)C(=O)O1. The molecule has 2 rings (SSSR count). The molecule has 0 aliphatic carbocycles. The molecule has 1 unspecified atom stereocenters. The Labute approximate surface area is 121 Å². The van der Waals surface area contributed by atoms with Gasteiger partial charge in [0.15, 0.2) is 17.5 Å². The highest BCUT2D eigenvalue weighted by atomic mass is 35.5. The van der Waals surface area contributed by atoms with Crippen molar-refractivity contribution in [2.24, 2.45) is 5.92 Å². The van der Waals surface area contributed by atoms with Crippen LogP contribution < -0.4 is 0 Å². The average molecular weight is 293 g/mol. The number of ketones is 2. The van der Waals surface area contributed by atoms with Gasteiger partial charge < -0.3 is 4.74 Å². The first-order valence-electron chi connectivity index (χ1n) is 6.18. The van der Waals surface area contributed by atoms with E-state index < -0.39 is 23.5 Å². The van der Waals surface area contributed by atoms with Crippen molar-refractivity contribution in [2.75, 3.05) is 0 Å². The van der Waals surface area contributed by atoms with E-state index in [1.54, 1.807) is 18.2 Å². The molecule has 1 atom stereocenters. The molecule has 0 saturated heterocycles. The minimum Gasteiger partial charge on any atom is -0.430 e. The maximum atomic E-state index is 12.0. The van der Waals surface area contributed by atoms with Crippen LogP contribution in [0.3, 0.4) is 0 Å². The van der Waals surface area contributed by atoms with Gasteiger partial charge in [-0.05, 0) is 31.0 Å². The Hall–Kier alpha value is -1.94. The highest BCUT2D eigenvalue weighted by Gasteiger charge is 2.36. The van der Waals surface area contributed by atoms with Crippen LogP contribution in [0, 0.1) is 5.92 Å². The van der Waals surface area contributed by atoms with Gasteiger partial charge in [-0.2, -0.15) is 0 Å². The largest absolute Gasteiger partial charge is 0.430 e. The molecule has 0 saturated carbocycles. The number of Topliss-reactive ketones (excluding diaryl/α,β-unsaturated/α-hetero) is 1. The van der Waals surface area contributed by atoms with Gasteiger partial charge in [-0.1, -0.05) is 23.7 Å². The topological polar surface area (TPSA) is 60.4 Å². The molecule has 4 nitrogen and oxygen atoms in total. The van der Waals surface area contributed by atoms with Gasteiger partial charge in [0.1, 0.15) is 5.76 Å². The third kappa shape index (κ3) is 3.33. The van der Waals surface area contributed by atoms with Crippen LogP contribution in [0.1, 0.15) is 18.9 Å². The average Bonchev–Trinajstić information content (AvgIpc) is 2.35. The van der Waals surface area contributed by atoms with E-state index in [2.05, 4.69) is 0 Å². The second-order valence-corrected chi connectivity index (χ2v) is 5.04. The zero-order valence-corrected chi connectivity index (χ0v) is 11.6. The zero-order valence-electron chi connectivity index (χ0n) is 10.9. The number of rotatable bonds is 4. The van der Waals surface area contributed by atoms with Gasteiger partial charge in [0.25, 0.3) is 0 Å². The molecule has 0 amide bonds. The second-order valence-electron chi connectivity index (χ2n) is 4.61. The molecule has 0 fully saturated rings. The third-order valence-corrected chi connectivity index (χ3v) is 3.23. The van der Waals surface area contributed by atoms with Crippen LogP contribution in [0.5, 0.6) is 0 Å². The summed E-state index contributed by atoms with van der Waals surface area (Å²) in [5, 5.41) is 0.585. The first-order chi connectivity index (χ1) is 9.47. The molecule has 0 aromatic heterocycles. The number of carbonyl (C=O) groups is 3. The summed E-state index contributed by atoms with van der Waals surface area (Å²) < 4.78 is 4.82. The summed E-state index contributed by atoms with van der Waals surface area (Å²) >= 11 is 5.85. The zero-order chi connectivity index (χ0) is 14.7. The van der Waals surface area contributed by atoms with Crippen molar-refractivity contribution in [1.82, 2.24) is 0 Å². The van der Waals surface area contributed by atoms with Crippen molar-refractivity contribution in [1.29, 1.82) is 0 Å². The molecule has 0 radical (unpaired) electrons. The number of cyclic esters (lactones) is 1. The van der Waals surface area contributed by atoms with Crippen molar-refractivity contribution in [3.05, 3.63) is 46.7 Å². The number of esters is 1. The number of hydrogen-bond donors (Lipinski definition) is 0. The van der Waals surface area contributed by atoms with Crippen molar-refractivity contribution >= 4 is 29.1 Å². The van der Waals surface area contributed by atoms with Crippen LogP contribution in [0.2, 0.25) is 5.02 Å². The fraction of sp³-hybridized carbons (Fsp3) is 0.267. The third-order valence-electron chi connectivity index (χ3n) is 3.00. The van der Waals surface area contributed by atoms with Crippen LogP contribution in [0.15, 0.2) is 36.1 Å². The highest BCUT2D eigenvalue weighted by Crippen LogP contribution is 2.18. The van der Waals surface area contributed by atoms with Crippen LogP contribution in [-0.4, -0.2) is 17.5 Å². The monoisotopic (exact) mass is 292 g/mol. The highest BCUT2D eigenvalue weighted by molar-refractivity contribution is 6.30. The maximum absolute atomic E-state index is 12.0. The lowest BCUT2D eigenvalue weighted by atomic mass is 9.92. The van der Waals surface area contributed by atoms with Crippen LogP contribution >= 0.6 is 11.6 Å². The number of aryl methyl sites for hydroxylation is 1. The normalized spacial score (nSPS) is 18.5. The summed E-state index contributed by atoms with van der Waals surface area (Å²) in [6.45, 7) is 1.50. The predicted molar refractivity (Wildman–Crippen MR) is 73.1 cm³/mol. The summed E-state index contributed by atoms with van der Waals surface area (Å²) in [4.78, 5) is 35.3. The van der Waals surface area contributed by atoms with Gasteiger partial charge in [-0.25, -0.2) is 0 Å². The van der Waals surface area contributed by atoms with Gasteiger partial charge in [-0.15, -0.1) is 0 Å². The summed E-state index contributed by atoms with van der Waals surface area (Å²) in [6, 6.07) is 7.11. The first kappa shape index (κ1) is 14.5. The van der Waals surface area contributed by atoms with Gasteiger partial charge in [0.05, 0.1) is 0 Å². The van der Waals surface area contributed by atoms with Gasteiger partial charge in [-0.3, -0.25) is 14.4 Å². The van der Waals surface area contributed by atoms with Crippen molar-refractivity contribution < 1.29 is 19.1 Å². The molecule has 0 N–H and O–H groups in total. The predicted octanol–water partition coefficient (Wildman–Crippen LogP) is 2.49. The Balaban J connectivity index is 2.02. The Bertz CT molecular complexity index is 604. The lowest BCUT2D eigenvalue weighted by Gasteiger charge is -2.17. The molecule has 1 aromatic rings. The van der Waals surface area contributed by atoms with E-state index in [4.69, 9.17) is 16.3 Å². The van der Waals surface area contributed by atoms with Crippen LogP contribution in [-0.2, 0) is 25.5 Å². The summed E-state index contributed by atoms with van der Waals surface area (Å²) in [5.74, 6) is -2.82. The summed E-state index contributed by atoms with van der Waals surface area (Å²) in [6.07, 6.45) is 1.71. The molecule has 0 spiro atoms. The van der Waals surface area contributed by atoms with E-state index in [9.17, 15) is 14.4 Å². The Morgan fingerprint density at radius 3 is 2.75 bits per heavy atom. The lowest BCUT2D eigenvalue weighted by molar-refractivity contribution is -0.152. The van der Waals surface area contributed by atoms with E-state index in [0.717, 1.165) is 5.56 Å². The van der Waals surface area contributed by atoms with Crippen LogP contribution in [0.4, 0.5) is 0 Å². The van der Waals surface area contributed by atoms with Crippen molar-refractivity contribution in [3.8, 4) is 0 Å². The van der Waals surface area contributed by atoms with Gasteiger partial charge in [0, 0.05) is 17.5 Å². The Morgan fingerprint density at radius 2 is 2.10 bits per heavy atom. The summed E-state index contributed by atoms with van der Waals surface area (Å²) in [5.41, 5.74) is 0.884. The Morgan fingerprint density at radius 1 is 1.35 bits per heavy atom. The molecule has 20 heavy (non-hydrogen) atoms. The second kappa shape index (κ2) is 6.01. The number of carbonyl (C=O) groups excluding carboxylic acids is 3. The minimum absolute atomic E-state index is 0.0960. The molecule has 1 heterocycles. The van der Waals surface area contributed by atoms with Crippen LogP contribution in [0.25, 0.3) is 0 Å². The molecular weight excluding hydrogens is 280 g/mol. The maximum Gasteiger partial charge on any atom is 0.329 e. The minimum atomic E-state index is -1.32. The molecule has 1 aromatic carbocycles. The number of hydrogen-bond acceptors (Lipinski definition) is 4. The van der Waals surface area contributed by atoms with E-state index >= 15 is 0 Å². The molecule has 1 aliphatic rings. The molecule has 1 aliphatic heterocycles. The van der Waals surface area contributed by atoms with Crippen molar-refractivity contribution in [2.45, 2.75) is 19.8 Å². The van der Waals surface area contributed by atoms with Crippen molar-refractivity contribution in [3.63, 3.8) is 0 Å². The van der Waals surface area contributed by atoms with E-state index in [1.807, 2.05) is 6.07 Å². The first-order valence-corrected chi connectivity index (χ1v) is 6.56. The lowest BCUT2D eigenvalue weighted by Crippen LogP contribution is -2.35. The molecule has 0 bridgehead atoms. The van der Waals surface area contributed by atoms with E-state index in [1.165, 1.54) is 13.0 Å². The number of halogens is 1. The van der Waals surface area contributed by atoms with Gasteiger partial charge in [0.2, 0.25) is 0 Å². The molecule has 104 valence electrons. The molecular formula is C15H13ClO4. The van der Waals surface area contributed by atoms with Gasteiger partial charge >= 0.3 is 5.97 Å². The summed E-state index contributed by atoms with van der Waals surface area (Å²) in [7, 11) is 0. The standard InChI is InChI=1S/C15H13ClO4/c1-9-7-13(18)14(15(19)20-9)12(17)6-5-10-3-2-4-11(16)8-10/h2-4,7-8,14H,5-6H2,1H3. The quantitative estimate of drug-likeness (QED) is 0.632. The number of ether oxygens (including phenoxy) is 1. The fourth-order valence-corrected chi connectivity index (χ4v) is 2.25. The number of allylic oxidation sites excluding steroid dienone is 2. The smallest absolute Gasteiger partial charge is 0.329 e. The molecule has 5 heteroatoms. The van der Waals surface area contributed by atoms with E-state index in [-0.39, 0.29) is 12.2 Å². The fourth-order valence-electron chi connectivity index (χ4n) is 2.04. The van der Waals surface area contributed by atoms with E-state index in [0.29, 0.717) is 11.4 Å². The number of benzene rings is 1. The Kier molecular flexibility index (Phi) is 4.35.